The highest BCUT2D eigenvalue weighted by molar-refractivity contribution is 5.97. The van der Waals surface area contributed by atoms with Gasteiger partial charge >= 0.3 is 5.97 Å². The number of anilines is 1. The Kier molecular flexibility index (Phi) is 3.18. The molecule has 1 atom stereocenters. The molecule has 0 saturated carbocycles. The Hall–Kier alpha value is -2.11. The zero-order valence-electron chi connectivity index (χ0n) is 9.60. The molecule has 1 aliphatic rings. The monoisotopic (exact) mass is 252 g/mol. The number of carbonyl (C=O) groups excluding carboxylic acids is 1. The summed E-state index contributed by atoms with van der Waals surface area (Å²) in [5.74, 6) is -2.04. The molecule has 1 saturated heterocycles. The Morgan fingerprint density at radius 3 is 2.78 bits per heavy atom. The summed E-state index contributed by atoms with van der Waals surface area (Å²) in [6.45, 7) is 0.396. The van der Waals surface area contributed by atoms with Crippen LogP contribution in [0.2, 0.25) is 0 Å². The van der Waals surface area contributed by atoms with Crippen LogP contribution >= 0.6 is 0 Å². The second kappa shape index (κ2) is 4.64. The minimum Gasteiger partial charge on any atom is -0.480 e. The molecule has 0 radical (unpaired) electrons. The van der Waals surface area contributed by atoms with Crippen molar-refractivity contribution in [1.29, 1.82) is 0 Å². The molecule has 18 heavy (non-hydrogen) atoms. The Morgan fingerprint density at radius 1 is 1.44 bits per heavy atom. The number of rotatable bonds is 2. The van der Waals surface area contributed by atoms with Crippen molar-refractivity contribution in [2.45, 2.75) is 18.9 Å². The average molecular weight is 252 g/mol. The van der Waals surface area contributed by atoms with E-state index in [1.165, 1.54) is 17.0 Å². The number of likely N-dealkylation sites (tertiary alicyclic amines) is 1. The van der Waals surface area contributed by atoms with E-state index in [-0.39, 0.29) is 11.3 Å². The van der Waals surface area contributed by atoms with Crippen molar-refractivity contribution in [3.05, 3.63) is 29.6 Å². The van der Waals surface area contributed by atoms with Gasteiger partial charge in [-0.2, -0.15) is 0 Å². The summed E-state index contributed by atoms with van der Waals surface area (Å²) in [5, 5.41) is 9.00. The number of nitrogens with zero attached hydrogens (tertiary/aromatic N) is 1. The van der Waals surface area contributed by atoms with E-state index in [0.717, 1.165) is 6.07 Å². The van der Waals surface area contributed by atoms with Gasteiger partial charge in [0.25, 0.3) is 5.91 Å². The fraction of sp³-hybridized carbons (Fsp3) is 0.333. The number of hydrogen-bond acceptors (Lipinski definition) is 3. The largest absolute Gasteiger partial charge is 0.480 e. The van der Waals surface area contributed by atoms with Gasteiger partial charge in [0.15, 0.2) is 0 Å². The van der Waals surface area contributed by atoms with Gasteiger partial charge in [0.1, 0.15) is 11.9 Å². The van der Waals surface area contributed by atoms with Crippen molar-refractivity contribution >= 4 is 17.6 Å². The number of amides is 1. The summed E-state index contributed by atoms with van der Waals surface area (Å²) >= 11 is 0. The summed E-state index contributed by atoms with van der Waals surface area (Å²) < 4.78 is 13.0. The van der Waals surface area contributed by atoms with Gasteiger partial charge < -0.3 is 15.7 Å². The van der Waals surface area contributed by atoms with Crippen molar-refractivity contribution in [3.8, 4) is 0 Å². The normalized spacial score (nSPS) is 18.9. The van der Waals surface area contributed by atoms with E-state index in [0.29, 0.717) is 19.4 Å². The van der Waals surface area contributed by atoms with Gasteiger partial charge in [-0.3, -0.25) is 4.79 Å². The third-order valence-corrected chi connectivity index (χ3v) is 3.04. The second-order valence-corrected chi connectivity index (χ2v) is 4.23. The number of benzene rings is 1. The van der Waals surface area contributed by atoms with E-state index >= 15 is 0 Å². The molecule has 1 unspecified atom stereocenters. The van der Waals surface area contributed by atoms with Crippen LogP contribution in [0, 0.1) is 5.82 Å². The summed E-state index contributed by atoms with van der Waals surface area (Å²) in [7, 11) is 0. The molecule has 6 heteroatoms. The number of carboxylic acid groups (broad SMARTS) is 1. The summed E-state index contributed by atoms with van der Waals surface area (Å²) in [5.41, 5.74) is 5.48. The molecule has 0 aromatic heterocycles. The molecule has 5 nitrogen and oxygen atoms in total. The maximum Gasteiger partial charge on any atom is 0.326 e. The molecular weight excluding hydrogens is 239 g/mol. The highest BCUT2D eigenvalue weighted by atomic mass is 19.1. The number of hydrogen-bond donors (Lipinski definition) is 2. The quantitative estimate of drug-likeness (QED) is 0.772. The van der Waals surface area contributed by atoms with E-state index in [2.05, 4.69) is 0 Å². The van der Waals surface area contributed by atoms with Crippen LogP contribution in [0.5, 0.6) is 0 Å². The molecule has 1 heterocycles. The van der Waals surface area contributed by atoms with E-state index in [1.807, 2.05) is 0 Å². The summed E-state index contributed by atoms with van der Waals surface area (Å²) in [6, 6.07) is 2.85. The lowest BCUT2D eigenvalue weighted by Crippen LogP contribution is -2.40. The molecule has 0 aliphatic carbocycles. The average Bonchev–Trinajstić information content (AvgIpc) is 2.81. The van der Waals surface area contributed by atoms with Gasteiger partial charge in [-0.1, -0.05) is 0 Å². The fourth-order valence-corrected chi connectivity index (χ4v) is 2.11. The predicted octanol–water partition coefficient (Wildman–Crippen LogP) is 1.10. The summed E-state index contributed by atoms with van der Waals surface area (Å²) in [4.78, 5) is 24.4. The van der Waals surface area contributed by atoms with E-state index in [9.17, 15) is 14.0 Å². The van der Waals surface area contributed by atoms with Crippen molar-refractivity contribution in [1.82, 2.24) is 4.90 Å². The third kappa shape index (κ3) is 2.13. The topological polar surface area (TPSA) is 83.6 Å². The minimum atomic E-state index is -1.02. The first-order chi connectivity index (χ1) is 8.50. The Labute approximate surface area is 103 Å². The number of nitrogen functional groups attached to an aromatic ring is 1. The smallest absolute Gasteiger partial charge is 0.326 e. The first-order valence-corrected chi connectivity index (χ1v) is 5.59. The third-order valence-electron chi connectivity index (χ3n) is 3.04. The van der Waals surface area contributed by atoms with Crippen LogP contribution in [0.25, 0.3) is 0 Å². The lowest BCUT2D eigenvalue weighted by molar-refractivity contribution is -0.141. The SMILES string of the molecule is Nc1cc(C(=O)N2CCCC2C(=O)O)ccc1F. The lowest BCUT2D eigenvalue weighted by atomic mass is 10.1. The molecule has 1 fully saturated rings. The fourth-order valence-electron chi connectivity index (χ4n) is 2.11. The second-order valence-electron chi connectivity index (χ2n) is 4.23. The molecule has 1 aliphatic heterocycles. The van der Waals surface area contributed by atoms with E-state index in [1.54, 1.807) is 0 Å². The number of carbonyl (C=O) groups is 2. The van der Waals surface area contributed by atoms with E-state index < -0.39 is 23.7 Å². The molecular formula is C12H13FN2O3. The molecule has 0 bridgehead atoms. The van der Waals surface area contributed by atoms with Crippen LogP contribution in [-0.2, 0) is 4.79 Å². The van der Waals surface area contributed by atoms with Gasteiger partial charge in [-0.25, -0.2) is 9.18 Å². The molecule has 1 aromatic carbocycles. The first-order valence-electron chi connectivity index (χ1n) is 5.59. The molecule has 0 spiro atoms. The van der Waals surface area contributed by atoms with Crippen LogP contribution in [0.15, 0.2) is 18.2 Å². The van der Waals surface area contributed by atoms with E-state index in [4.69, 9.17) is 10.8 Å². The number of halogens is 1. The Balaban J connectivity index is 2.25. The highest BCUT2D eigenvalue weighted by Gasteiger charge is 2.34. The van der Waals surface area contributed by atoms with Crippen LogP contribution < -0.4 is 5.73 Å². The molecule has 2 rings (SSSR count). The number of aliphatic carboxylic acids is 1. The van der Waals surface area contributed by atoms with Gasteiger partial charge in [-0.05, 0) is 31.0 Å². The van der Waals surface area contributed by atoms with Crippen LogP contribution in [0.3, 0.4) is 0 Å². The predicted molar refractivity (Wildman–Crippen MR) is 62.5 cm³/mol. The highest BCUT2D eigenvalue weighted by Crippen LogP contribution is 2.21. The lowest BCUT2D eigenvalue weighted by Gasteiger charge is -2.21. The van der Waals surface area contributed by atoms with Gasteiger partial charge in [0.05, 0.1) is 5.69 Å². The molecule has 3 N–H and O–H groups in total. The van der Waals surface area contributed by atoms with Crippen LogP contribution in [0.1, 0.15) is 23.2 Å². The maximum atomic E-state index is 13.0. The van der Waals surface area contributed by atoms with Crippen LogP contribution in [-0.4, -0.2) is 34.5 Å². The zero-order valence-corrected chi connectivity index (χ0v) is 9.60. The van der Waals surface area contributed by atoms with Gasteiger partial charge in [0, 0.05) is 12.1 Å². The van der Waals surface area contributed by atoms with Gasteiger partial charge in [-0.15, -0.1) is 0 Å². The Bertz CT molecular complexity index is 504. The molecule has 1 amide bonds. The van der Waals surface area contributed by atoms with Crippen molar-refractivity contribution in [3.63, 3.8) is 0 Å². The van der Waals surface area contributed by atoms with Crippen LogP contribution in [0.4, 0.5) is 10.1 Å². The number of nitrogens with two attached hydrogens (primary N) is 1. The first kappa shape index (κ1) is 12.3. The van der Waals surface area contributed by atoms with Crippen molar-refractivity contribution in [2.24, 2.45) is 0 Å². The van der Waals surface area contributed by atoms with Gasteiger partial charge in [0.2, 0.25) is 0 Å². The Morgan fingerprint density at radius 2 is 2.17 bits per heavy atom. The minimum absolute atomic E-state index is 0.119. The molecule has 1 aromatic rings. The zero-order chi connectivity index (χ0) is 13.3. The summed E-state index contributed by atoms with van der Waals surface area (Å²) in [6.07, 6.45) is 1.09. The van der Waals surface area contributed by atoms with Crippen molar-refractivity contribution in [2.75, 3.05) is 12.3 Å². The standard InChI is InChI=1S/C12H13FN2O3/c13-8-4-3-7(6-9(8)14)11(16)15-5-1-2-10(15)12(17)18/h3-4,6,10H,1-2,5,14H2,(H,17,18). The maximum absolute atomic E-state index is 13.0. The molecule has 96 valence electrons. The number of carboxylic acids is 1. The van der Waals surface area contributed by atoms with Crippen molar-refractivity contribution < 1.29 is 19.1 Å².